The van der Waals surface area contributed by atoms with Gasteiger partial charge in [0.2, 0.25) is 17.8 Å². The topological polar surface area (TPSA) is 92.3 Å². The molecule has 0 aromatic carbocycles. The van der Waals surface area contributed by atoms with Crippen molar-refractivity contribution in [2.24, 2.45) is 0 Å². The second kappa shape index (κ2) is 8.93. The van der Waals surface area contributed by atoms with Gasteiger partial charge in [-0.2, -0.15) is 15.0 Å². The van der Waals surface area contributed by atoms with E-state index in [1.165, 1.54) is 0 Å². The van der Waals surface area contributed by atoms with Gasteiger partial charge >= 0.3 is 6.01 Å². The van der Waals surface area contributed by atoms with E-state index >= 15 is 0 Å². The molecule has 2 N–H and O–H groups in total. The summed E-state index contributed by atoms with van der Waals surface area (Å²) >= 11 is 0. The van der Waals surface area contributed by atoms with Crippen LogP contribution in [0.2, 0.25) is 0 Å². The summed E-state index contributed by atoms with van der Waals surface area (Å²) in [6, 6.07) is 0.257. The molecule has 0 fully saturated rings. The van der Waals surface area contributed by atoms with Crippen molar-refractivity contribution in [1.82, 2.24) is 20.3 Å². The van der Waals surface area contributed by atoms with Gasteiger partial charge in [0.1, 0.15) is 0 Å². The van der Waals surface area contributed by atoms with Crippen LogP contribution in [0.25, 0.3) is 0 Å². The van der Waals surface area contributed by atoms with Gasteiger partial charge < -0.3 is 20.3 Å². The van der Waals surface area contributed by atoms with Gasteiger partial charge in [0.15, 0.2) is 0 Å². The van der Waals surface area contributed by atoms with E-state index in [2.05, 4.69) is 25.6 Å². The van der Waals surface area contributed by atoms with Crippen LogP contribution in [-0.2, 0) is 4.79 Å². The smallest absolute Gasteiger partial charge is 0.323 e. The standard InChI is InChI=1S/C13H24N6O2/c1-5-14-10(20)9-19(7-3)12-16-11(15-6-2)17-13(18-12)21-8-4/h5-9H2,1-4H3,(H,14,20)(H,15,16,17,18). The maximum Gasteiger partial charge on any atom is 0.323 e. The van der Waals surface area contributed by atoms with Gasteiger partial charge in [-0.15, -0.1) is 0 Å². The van der Waals surface area contributed by atoms with Crippen molar-refractivity contribution in [1.29, 1.82) is 0 Å². The molecule has 8 nitrogen and oxygen atoms in total. The van der Waals surface area contributed by atoms with Crippen molar-refractivity contribution in [3.05, 3.63) is 0 Å². The predicted octanol–water partition coefficient (Wildman–Crippen LogP) is 0.664. The monoisotopic (exact) mass is 296 g/mol. The lowest BCUT2D eigenvalue weighted by Gasteiger charge is -2.20. The molecule has 0 aliphatic carbocycles. The van der Waals surface area contributed by atoms with Gasteiger partial charge in [-0.3, -0.25) is 4.79 Å². The number of likely N-dealkylation sites (N-methyl/N-ethyl adjacent to an activating group) is 2. The zero-order chi connectivity index (χ0) is 15.7. The third kappa shape index (κ3) is 5.41. The molecule has 0 saturated carbocycles. The molecule has 1 heterocycles. The normalized spacial score (nSPS) is 10.1. The Morgan fingerprint density at radius 2 is 1.90 bits per heavy atom. The lowest BCUT2D eigenvalue weighted by atomic mass is 10.4. The Kier molecular flexibility index (Phi) is 7.20. The van der Waals surface area contributed by atoms with Crippen LogP contribution in [-0.4, -0.2) is 53.6 Å². The number of ether oxygens (including phenoxy) is 1. The van der Waals surface area contributed by atoms with Gasteiger partial charge in [0.05, 0.1) is 13.2 Å². The second-order valence-corrected chi connectivity index (χ2v) is 4.17. The quantitative estimate of drug-likeness (QED) is 0.691. The van der Waals surface area contributed by atoms with E-state index < -0.39 is 0 Å². The van der Waals surface area contributed by atoms with Gasteiger partial charge in [-0.1, -0.05) is 0 Å². The van der Waals surface area contributed by atoms with E-state index in [0.29, 0.717) is 38.1 Å². The van der Waals surface area contributed by atoms with Crippen LogP contribution < -0.4 is 20.3 Å². The predicted molar refractivity (Wildman–Crippen MR) is 81.7 cm³/mol. The number of amides is 1. The molecule has 21 heavy (non-hydrogen) atoms. The molecule has 1 amide bonds. The highest BCUT2D eigenvalue weighted by Gasteiger charge is 2.15. The molecule has 8 heteroatoms. The molecule has 1 aromatic heterocycles. The summed E-state index contributed by atoms with van der Waals surface area (Å²) in [7, 11) is 0. The van der Waals surface area contributed by atoms with Gasteiger partial charge in [-0.25, -0.2) is 0 Å². The molecule has 0 aliphatic heterocycles. The molecule has 0 aliphatic rings. The fraction of sp³-hybridized carbons (Fsp3) is 0.692. The first kappa shape index (κ1) is 16.9. The van der Waals surface area contributed by atoms with Crippen molar-refractivity contribution in [3.8, 4) is 6.01 Å². The molecular weight excluding hydrogens is 272 g/mol. The van der Waals surface area contributed by atoms with E-state index in [1.54, 1.807) is 4.90 Å². The number of hydrogen-bond donors (Lipinski definition) is 2. The summed E-state index contributed by atoms with van der Waals surface area (Å²) < 4.78 is 5.35. The number of hydrogen-bond acceptors (Lipinski definition) is 7. The maximum absolute atomic E-state index is 11.7. The molecule has 0 spiro atoms. The lowest BCUT2D eigenvalue weighted by Crippen LogP contribution is -2.38. The van der Waals surface area contributed by atoms with Crippen molar-refractivity contribution in [2.75, 3.05) is 43.0 Å². The minimum atomic E-state index is -0.0669. The van der Waals surface area contributed by atoms with Crippen LogP contribution >= 0.6 is 0 Å². The van der Waals surface area contributed by atoms with Crippen molar-refractivity contribution in [2.45, 2.75) is 27.7 Å². The van der Waals surface area contributed by atoms with Crippen LogP contribution in [0, 0.1) is 0 Å². The summed E-state index contributed by atoms with van der Waals surface area (Å²) in [5.41, 5.74) is 0. The SMILES string of the molecule is CCNC(=O)CN(CC)c1nc(NCC)nc(OCC)n1. The average Bonchev–Trinajstić information content (AvgIpc) is 2.45. The number of nitrogens with zero attached hydrogens (tertiary/aromatic N) is 4. The van der Waals surface area contributed by atoms with Crippen molar-refractivity contribution in [3.63, 3.8) is 0 Å². The van der Waals surface area contributed by atoms with Gasteiger partial charge in [0.25, 0.3) is 0 Å². The van der Waals surface area contributed by atoms with Crippen LogP contribution in [0.3, 0.4) is 0 Å². The molecule has 118 valence electrons. The molecular formula is C13H24N6O2. The lowest BCUT2D eigenvalue weighted by molar-refractivity contribution is -0.119. The zero-order valence-corrected chi connectivity index (χ0v) is 13.1. The number of nitrogens with one attached hydrogen (secondary N) is 2. The Balaban J connectivity index is 2.97. The summed E-state index contributed by atoms with van der Waals surface area (Å²) in [6.45, 7) is 10.2. The number of rotatable bonds is 9. The van der Waals surface area contributed by atoms with E-state index in [4.69, 9.17) is 4.74 Å². The largest absolute Gasteiger partial charge is 0.464 e. The van der Waals surface area contributed by atoms with E-state index in [-0.39, 0.29) is 18.5 Å². The molecule has 0 saturated heterocycles. The summed E-state index contributed by atoms with van der Waals surface area (Å²) in [5, 5.41) is 5.80. The van der Waals surface area contributed by atoms with Crippen LogP contribution in [0.15, 0.2) is 0 Å². The Labute approximate surface area is 125 Å². The van der Waals surface area contributed by atoms with E-state index in [1.807, 2.05) is 27.7 Å². The van der Waals surface area contributed by atoms with Crippen LogP contribution in [0.1, 0.15) is 27.7 Å². The number of aromatic nitrogens is 3. The Morgan fingerprint density at radius 3 is 2.48 bits per heavy atom. The highest BCUT2D eigenvalue weighted by Crippen LogP contribution is 2.14. The minimum Gasteiger partial charge on any atom is -0.464 e. The second-order valence-electron chi connectivity index (χ2n) is 4.17. The maximum atomic E-state index is 11.7. The molecule has 1 rings (SSSR count). The van der Waals surface area contributed by atoms with E-state index in [0.717, 1.165) is 0 Å². The molecule has 0 atom stereocenters. The molecule has 0 unspecified atom stereocenters. The molecule has 0 bridgehead atoms. The molecule has 0 radical (unpaired) electrons. The van der Waals surface area contributed by atoms with Gasteiger partial charge in [-0.05, 0) is 27.7 Å². The van der Waals surface area contributed by atoms with Gasteiger partial charge in [0, 0.05) is 19.6 Å². The fourth-order valence-electron chi connectivity index (χ4n) is 1.67. The van der Waals surface area contributed by atoms with Crippen LogP contribution in [0.5, 0.6) is 6.01 Å². The molecule has 1 aromatic rings. The van der Waals surface area contributed by atoms with Crippen molar-refractivity contribution >= 4 is 17.8 Å². The third-order valence-electron chi connectivity index (χ3n) is 2.58. The number of anilines is 2. The highest BCUT2D eigenvalue weighted by molar-refractivity contribution is 5.80. The average molecular weight is 296 g/mol. The summed E-state index contributed by atoms with van der Waals surface area (Å²) in [6.07, 6.45) is 0. The Hall–Kier alpha value is -2.12. The first-order valence-electron chi connectivity index (χ1n) is 7.28. The fourth-order valence-corrected chi connectivity index (χ4v) is 1.67. The number of carbonyl (C=O) groups excluding carboxylic acids is 1. The minimum absolute atomic E-state index is 0.0669. The third-order valence-corrected chi connectivity index (χ3v) is 2.58. The van der Waals surface area contributed by atoms with E-state index in [9.17, 15) is 4.79 Å². The summed E-state index contributed by atoms with van der Waals surface area (Å²) in [5.74, 6) is 0.807. The van der Waals surface area contributed by atoms with Crippen molar-refractivity contribution < 1.29 is 9.53 Å². The van der Waals surface area contributed by atoms with Crippen LogP contribution in [0.4, 0.5) is 11.9 Å². The zero-order valence-electron chi connectivity index (χ0n) is 13.1. The number of carbonyl (C=O) groups is 1. The summed E-state index contributed by atoms with van der Waals surface area (Å²) in [4.78, 5) is 26.2. The first-order valence-corrected chi connectivity index (χ1v) is 7.28. The first-order chi connectivity index (χ1) is 10.1. The Bertz CT molecular complexity index is 430. The Morgan fingerprint density at radius 1 is 1.14 bits per heavy atom. The highest BCUT2D eigenvalue weighted by atomic mass is 16.5.